The van der Waals surface area contributed by atoms with Crippen molar-refractivity contribution < 1.29 is 0 Å². The molecule has 0 aromatic rings. The molecule has 1 aliphatic rings. The van der Waals surface area contributed by atoms with E-state index in [-0.39, 0.29) is 0 Å². The average Bonchev–Trinajstić information content (AvgIpc) is 3.50. The van der Waals surface area contributed by atoms with Crippen molar-refractivity contribution in [1.29, 1.82) is 0 Å². The van der Waals surface area contributed by atoms with E-state index in [9.17, 15) is 0 Å². The maximum Gasteiger partial charge on any atom is -0.0349 e. The van der Waals surface area contributed by atoms with Crippen molar-refractivity contribution in [2.75, 3.05) is 0 Å². The Morgan fingerprint density at radius 3 is 1.86 bits per heavy atom. The van der Waals surface area contributed by atoms with Gasteiger partial charge in [-0.05, 0) is 66.6 Å². The first-order chi connectivity index (χ1) is 13.5. The highest BCUT2D eigenvalue weighted by Gasteiger charge is 2.47. The lowest BCUT2D eigenvalue weighted by molar-refractivity contribution is 0.208. The van der Waals surface area contributed by atoms with Crippen molar-refractivity contribution in [3.05, 3.63) is 0 Å². The molecule has 168 valence electrons. The molecular weight excluding hydrogens is 336 g/mol. The Morgan fingerprint density at radius 1 is 0.679 bits per heavy atom. The molecule has 0 amide bonds. The van der Waals surface area contributed by atoms with Crippen LogP contribution in [0.25, 0.3) is 0 Å². The largest absolute Gasteiger partial charge is 0.0654 e. The van der Waals surface area contributed by atoms with Gasteiger partial charge >= 0.3 is 0 Å². The first-order valence-electron chi connectivity index (χ1n) is 13.5. The van der Waals surface area contributed by atoms with E-state index >= 15 is 0 Å². The second-order valence-corrected chi connectivity index (χ2v) is 10.6. The van der Waals surface area contributed by atoms with Gasteiger partial charge in [-0.25, -0.2) is 0 Å². The third-order valence-corrected chi connectivity index (χ3v) is 8.91. The fraction of sp³-hybridized carbons (Fsp3) is 1.00. The second-order valence-electron chi connectivity index (χ2n) is 10.6. The van der Waals surface area contributed by atoms with Crippen LogP contribution in [0.1, 0.15) is 132 Å². The number of rotatable bonds is 17. The molecule has 0 radical (unpaired) electrons. The number of unbranched alkanes of at least 4 members (excludes halogenated alkanes) is 1. The molecule has 1 aliphatic carbocycles. The van der Waals surface area contributed by atoms with Crippen LogP contribution in [0, 0.1) is 47.3 Å². The molecule has 0 saturated heterocycles. The Labute approximate surface area is 180 Å². The van der Waals surface area contributed by atoms with Gasteiger partial charge in [0.15, 0.2) is 0 Å². The molecular formula is C28H56. The van der Waals surface area contributed by atoms with Crippen LogP contribution >= 0.6 is 0 Å². The summed E-state index contributed by atoms with van der Waals surface area (Å²) in [6, 6.07) is 0. The summed E-state index contributed by atoms with van der Waals surface area (Å²) in [7, 11) is 0. The summed E-state index contributed by atoms with van der Waals surface area (Å²) < 4.78 is 0. The first kappa shape index (κ1) is 26.0. The molecule has 1 rings (SSSR count). The molecule has 0 spiro atoms. The summed E-state index contributed by atoms with van der Waals surface area (Å²) >= 11 is 0. The monoisotopic (exact) mass is 392 g/mol. The molecule has 0 aliphatic heterocycles. The van der Waals surface area contributed by atoms with Gasteiger partial charge in [-0.2, -0.15) is 0 Å². The molecule has 1 saturated carbocycles. The van der Waals surface area contributed by atoms with Gasteiger partial charge in [0, 0.05) is 0 Å². The van der Waals surface area contributed by atoms with Gasteiger partial charge < -0.3 is 0 Å². The van der Waals surface area contributed by atoms with Gasteiger partial charge in [-0.3, -0.25) is 0 Å². The van der Waals surface area contributed by atoms with Crippen LogP contribution in [0.2, 0.25) is 0 Å². The van der Waals surface area contributed by atoms with Crippen molar-refractivity contribution in [2.24, 2.45) is 47.3 Å². The maximum absolute atomic E-state index is 2.58. The average molecular weight is 393 g/mol. The highest BCUT2D eigenvalue weighted by atomic mass is 14.5. The molecule has 0 N–H and O–H groups in total. The topological polar surface area (TPSA) is 0 Å². The van der Waals surface area contributed by atoms with Crippen LogP contribution in [0.3, 0.4) is 0 Å². The summed E-state index contributed by atoms with van der Waals surface area (Å²) in [6.07, 6.45) is 17.2. The van der Waals surface area contributed by atoms with E-state index in [0.29, 0.717) is 0 Å². The third kappa shape index (κ3) is 8.02. The fourth-order valence-electron chi connectivity index (χ4n) is 6.37. The zero-order valence-electron chi connectivity index (χ0n) is 21.1. The molecule has 8 atom stereocenters. The molecule has 0 nitrogen and oxygen atoms in total. The van der Waals surface area contributed by atoms with Gasteiger partial charge in [0.2, 0.25) is 0 Å². The van der Waals surface area contributed by atoms with Crippen molar-refractivity contribution >= 4 is 0 Å². The van der Waals surface area contributed by atoms with Crippen molar-refractivity contribution in [3.63, 3.8) is 0 Å². The normalized spacial score (nSPS) is 25.7. The smallest absolute Gasteiger partial charge is 0.0349 e. The van der Waals surface area contributed by atoms with Gasteiger partial charge in [-0.1, -0.05) is 113 Å². The molecule has 1 fully saturated rings. The number of hydrogen-bond donors (Lipinski definition) is 0. The molecule has 0 aromatic heterocycles. The van der Waals surface area contributed by atoms with Gasteiger partial charge in [-0.15, -0.1) is 0 Å². The Balaban J connectivity index is 2.56. The minimum Gasteiger partial charge on any atom is -0.0654 e. The van der Waals surface area contributed by atoms with Crippen LogP contribution < -0.4 is 0 Å². The standard InChI is InChI=1S/C28H56/c1-9-15-16-23(11-3)17-18-24(12-4)26(14-6)28-20-27(28)22(8)19-25(13-5)21(7)10-2/h21-28H,9-20H2,1-8H3. The van der Waals surface area contributed by atoms with Crippen molar-refractivity contribution in [1.82, 2.24) is 0 Å². The van der Waals surface area contributed by atoms with E-state index in [2.05, 4.69) is 55.4 Å². The summed E-state index contributed by atoms with van der Waals surface area (Å²) in [5, 5.41) is 0. The predicted molar refractivity (Wildman–Crippen MR) is 129 cm³/mol. The Bertz CT molecular complexity index is 372. The highest BCUT2D eigenvalue weighted by Crippen LogP contribution is 2.55. The summed E-state index contributed by atoms with van der Waals surface area (Å²) in [5.74, 6) is 7.87. The van der Waals surface area contributed by atoms with Crippen molar-refractivity contribution in [3.8, 4) is 0 Å². The maximum atomic E-state index is 2.58. The van der Waals surface area contributed by atoms with Crippen LogP contribution in [-0.2, 0) is 0 Å². The summed E-state index contributed by atoms with van der Waals surface area (Å²) in [6.45, 7) is 19.6. The fourth-order valence-corrected chi connectivity index (χ4v) is 6.37. The highest BCUT2D eigenvalue weighted by molar-refractivity contribution is 4.96. The first-order valence-corrected chi connectivity index (χ1v) is 13.5. The van der Waals surface area contributed by atoms with E-state index in [1.165, 1.54) is 70.6 Å². The van der Waals surface area contributed by atoms with Crippen LogP contribution in [0.15, 0.2) is 0 Å². The van der Waals surface area contributed by atoms with E-state index in [0.717, 1.165) is 47.3 Å². The molecule has 0 heteroatoms. The Hall–Kier alpha value is 0. The Morgan fingerprint density at radius 2 is 1.36 bits per heavy atom. The molecule has 0 aromatic carbocycles. The zero-order chi connectivity index (χ0) is 21.1. The zero-order valence-corrected chi connectivity index (χ0v) is 21.1. The van der Waals surface area contributed by atoms with E-state index in [4.69, 9.17) is 0 Å². The van der Waals surface area contributed by atoms with Gasteiger partial charge in [0.25, 0.3) is 0 Å². The van der Waals surface area contributed by atoms with Crippen LogP contribution in [-0.4, -0.2) is 0 Å². The number of hydrogen-bond acceptors (Lipinski definition) is 0. The lowest BCUT2D eigenvalue weighted by Crippen LogP contribution is -2.20. The molecule has 0 bridgehead atoms. The summed E-state index contributed by atoms with van der Waals surface area (Å²) in [5.41, 5.74) is 0. The van der Waals surface area contributed by atoms with E-state index < -0.39 is 0 Å². The van der Waals surface area contributed by atoms with E-state index in [1.807, 2.05) is 0 Å². The third-order valence-electron chi connectivity index (χ3n) is 8.91. The minimum absolute atomic E-state index is 0.907. The van der Waals surface area contributed by atoms with Crippen LogP contribution in [0.5, 0.6) is 0 Å². The van der Waals surface area contributed by atoms with E-state index in [1.54, 1.807) is 6.42 Å². The predicted octanol–water partition coefficient (Wildman–Crippen LogP) is 9.77. The van der Waals surface area contributed by atoms with Gasteiger partial charge in [0.05, 0.1) is 0 Å². The molecule has 28 heavy (non-hydrogen) atoms. The Kier molecular flexibility index (Phi) is 13.1. The van der Waals surface area contributed by atoms with Crippen LogP contribution in [0.4, 0.5) is 0 Å². The quantitative estimate of drug-likeness (QED) is 0.231. The molecule has 8 unspecified atom stereocenters. The SMILES string of the molecule is CCCCC(CC)CCC(CC)C(CC)C1CC1C(C)CC(CC)C(C)CC. The summed E-state index contributed by atoms with van der Waals surface area (Å²) in [4.78, 5) is 0. The van der Waals surface area contributed by atoms with Gasteiger partial charge in [0.1, 0.15) is 0 Å². The minimum atomic E-state index is 0.907. The second kappa shape index (κ2) is 14.1. The molecule has 0 heterocycles. The lowest BCUT2D eigenvalue weighted by atomic mass is 9.76. The van der Waals surface area contributed by atoms with Crippen molar-refractivity contribution in [2.45, 2.75) is 132 Å². The lowest BCUT2D eigenvalue weighted by Gasteiger charge is -2.29.